The van der Waals surface area contributed by atoms with Crippen LogP contribution in [-0.2, 0) is 0 Å². The van der Waals surface area contributed by atoms with Gasteiger partial charge in [-0.05, 0) is 41.5 Å². The molecule has 3 rings (SSSR count). The zero-order valence-corrected chi connectivity index (χ0v) is 15.1. The minimum atomic E-state index is -1.21. The van der Waals surface area contributed by atoms with Crippen LogP contribution in [0.3, 0.4) is 0 Å². The van der Waals surface area contributed by atoms with E-state index in [4.69, 9.17) is 11.6 Å². The highest BCUT2D eigenvalue weighted by Crippen LogP contribution is 2.29. The van der Waals surface area contributed by atoms with Gasteiger partial charge in [-0.2, -0.15) is 0 Å². The molecular weight excluding hydrogens is 382 g/mol. The largest absolute Gasteiger partial charge is 0.478 e. The van der Waals surface area contributed by atoms with E-state index >= 15 is 0 Å². The van der Waals surface area contributed by atoms with Crippen molar-refractivity contribution >= 4 is 35.1 Å². The second kappa shape index (κ2) is 7.94. The van der Waals surface area contributed by atoms with Crippen molar-refractivity contribution in [3.8, 4) is 11.1 Å². The average molecular weight is 396 g/mol. The van der Waals surface area contributed by atoms with E-state index < -0.39 is 17.8 Å². The summed E-state index contributed by atoms with van der Waals surface area (Å²) < 4.78 is 0. The zero-order chi connectivity index (χ0) is 20.3. The van der Waals surface area contributed by atoms with Crippen molar-refractivity contribution in [3.05, 3.63) is 88.4 Å². The van der Waals surface area contributed by atoms with Crippen LogP contribution >= 0.6 is 11.6 Å². The van der Waals surface area contributed by atoms with Crippen molar-refractivity contribution in [1.29, 1.82) is 0 Å². The van der Waals surface area contributed by atoms with Crippen molar-refractivity contribution in [2.45, 2.75) is 0 Å². The molecule has 0 fully saturated rings. The number of halogens is 1. The summed E-state index contributed by atoms with van der Waals surface area (Å²) >= 11 is 5.92. The summed E-state index contributed by atoms with van der Waals surface area (Å²) in [7, 11) is 0. The number of nitrogens with one attached hydrogen (secondary N) is 1. The molecule has 0 radical (unpaired) electrons. The number of hydrogen-bond donors (Lipinski definition) is 3. The Hall–Kier alpha value is -3.64. The van der Waals surface area contributed by atoms with Gasteiger partial charge in [0.25, 0.3) is 5.91 Å². The highest BCUT2D eigenvalue weighted by molar-refractivity contribution is 6.31. The van der Waals surface area contributed by atoms with Crippen molar-refractivity contribution < 1.29 is 24.6 Å². The lowest BCUT2D eigenvalue weighted by atomic mass is 9.95. The highest BCUT2D eigenvalue weighted by atomic mass is 35.5. The van der Waals surface area contributed by atoms with E-state index in [0.29, 0.717) is 11.1 Å². The monoisotopic (exact) mass is 395 g/mol. The van der Waals surface area contributed by atoms with Crippen LogP contribution in [0.2, 0.25) is 5.02 Å². The molecule has 3 aromatic rings. The van der Waals surface area contributed by atoms with E-state index in [-0.39, 0.29) is 27.4 Å². The summed E-state index contributed by atoms with van der Waals surface area (Å²) in [5, 5.41) is 21.6. The van der Waals surface area contributed by atoms with Crippen LogP contribution in [0.15, 0.2) is 66.7 Å². The first-order valence-electron chi connectivity index (χ1n) is 8.14. The average Bonchev–Trinajstić information content (AvgIpc) is 2.67. The maximum absolute atomic E-state index is 12.9. The normalized spacial score (nSPS) is 10.3. The molecule has 7 heteroatoms. The smallest absolute Gasteiger partial charge is 0.337 e. The standard InChI is InChI=1S/C21H14ClNO5/c22-12-9-10-17(21(27)28)18(11-12)23-19(24)15-7-3-1-5-13(15)14-6-2-4-8-16(14)20(25)26/h1-11H,(H,23,24)(H,25,26)(H,27,28). The fourth-order valence-electron chi connectivity index (χ4n) is 2.82. The maximum Gasteiger partial charge on any atom is 0.337 e. The Morgan fingerprint density at radius 1 is 0.714 bits per heavy atom. The molecule has 0 atom stereocenters. The third-order valence-corrected chi connectivity index (χ3v) is 4.31. The molecule has 1 amide bonds. The van der Waals surface area contributed by atoms with Gasteiger partial charge in [0, 0.05) is 10.6 Å². The van der Waals surface area contributed by atoms with Gasteiger partial charge < -0.3 is 15.5 Å². The number of carboxylic acid groups (broad SMARTS) is 2. The second-order valence-corrected chi connectivity index (χ2v) is 6.28. The quantitative estimate of drug-likeness (QED) is 0.583. The Bertz CT molecular complexity index is 1090. The number of rotatable bonds is 5. The third kappa shape index (κ3) is 3.87. The Kier molecular flexibility index (Phi) is 5.42. The fourth-order valence-corrected chi connectivity index (χ4v) is 2.99. The van der Waals surface area contributed by atoms with Gasteiger partial charge in [0.2, 0.25) is 0 Å². The van der Waals surface area contributed by atoms with Crippen molar-refractivity contribution in [2.75, 3.05) is 5.32 Å². The molecule has 0 bridgehead atoms. The van der Waals surface area contributed by atoms with Crippen molar-refractivity contribution in [2.24, 2.45) is 0 Å². The van der Waals surface area contributed by atoms with Crippen LogP contribution in [0, 0.1) is 0 Å². The van der Waals surface area contributed by atoms with Crippen LogP contribution in [0.1, 0.15) is 31.1 Å². The van der Waals surface area contributed by atoms with Crippen LogP contribution < -0.4 is 5.32 Å². The molecule has 0 aliphatic heterocycles. The molecule has 0 aliphatic carbocycles. The second-order valence-electron chi connectivity index (χ2n) is 5.85. The van der Waals surface area contributed by atoms with Gasteiger partial charge in [0.15, 0.2) is 0 Å². The predicted octanol–water partition coefficient (Wildman–Crippen LogP) is 4.66. The summed E-state index contributed by atoms with van der Waals surface area (Å²) in [6.07, 6.45) is 0. The first-order valence-corrected chi connectivity index (χ1v) is 8.52. The highest BCUT2D eigenvalue weighted by Gasteiger charge is 2.19. The molecular formula is C21H14ClNO5. The van der Waals surface area contributed by atoms with E-state index in [2.05, 4.69) is 5.32 Å². The molecule has 28 heavy (non-hydrogen) atoms. The lowest BCUT2D eigenvalue weighted by Gasteiger charge is -2.13. The third-order valence-electron chi connectivity index (χ3n) is 4.08. The number of hydrogen-bond acceptors (Lipinski definition) is 3. The van der Waals surface area contributed by atoms with Gasteiger partial charge in [-0.25, -0.2) is 9.59 Å². The first-order chi connectivity index (χ1) is 13.4. The minimum absolute atomic E-state index is 0.0475. The molecule has 0 spiro atoms. The SMILES string of the molecule is O=C(O)c1ccc(Cl)cc1NC(=O)c1ccccc1-c1ccccc1C(=O)O. The summed E-state index contributed by atoms with van der Waals surface area (Å²) in [6.45, 7) is 0. The van der Waals surface area contributed by atoms with Gasteiger partial charge in [0.1, 0.15) is 0 Å². The lowest BCUT2D eigenvalue weighted by Crippen LogP contribution is -2.16. The van der Waals surface area contributed by atoms with Crippen LogP contribution in [0.5, 0.6) is 0 Å². The molecule has 3 N–H and O–H groups in total. The summed E-state index contributed by atoms with van der Waals surface area (Å²) in [4.78, 5) is 35.8. The van der Waals surface area contributed by atoms with Crippen LogP contribution in [0.25, 0.3) is 11.1 Å². The van der Waals surface area contributed by atoms with Crippen LogP contribution in [-0.4, -0.2) is 28.1 Å². The van der Waals surface area contributed by atoms with Crippen molar-refractivity contribution in [1.82, 2.24) is 0 Å². The number of carbonyl (C=O) groups is 3. The molecule has 0 saturated heterocycles. The lowest BCUT2D eigenvalue weighted by molar-refractivity contribution is 0.0686. The molecule has 6 nitrogen and oxygen atoms in total. The molecule has 0 aromatic heterocycles. The van der Waals surface area contributed by atoms with Crippen molar-refractivity contribution in [3.63, 3.8) is 0 Å². The topological polar surface area (TPSA) is 104 Å². The van der Waals surface area contributed by atoms with E-state index in [1.807, 2.05) is 0 Å². The van der Waals surface area contributed by atoms with Crippen LogP contribution in [0.4, 0.5) is 5.69 Å². The van der Waals surface area contributed by atoms with Gasteiger partial charge >= 0.3 is 11.9 Å². The van der Waals surface area contributed by atoms with E-state index in [1.165, 1.54) is 30.3 Å². The number of carbonyl (C=O) groups excluding carboxylic acids is 1. The predicted molar refractivity (Wildman–Crippen MR) is 105 cm³/mol. The molecule has 0 heterocycles. The minimum Gasteiger partial charge on any atom is -0.478 e. The molecule has 140 valence electrons. The summed E-state index contributed by atoms with van der Waals surface area (Å²) in [5.41, 5.74) is 0.985. The molecule has 0 aliphatic rings. The fraction of sp³-hybridized carbons (Fsp3) is 0. The number of aromatic carboxylic acids is 2. The number of anilines is 1. The Labute approximate surface area is 165 Å². The van der Waals surface area contributed by atoms with E-state index in [0.717, 1.165) is 0 Å². The Morgan fingerprint density at radius 3 is 1.86 bits per heavy atom. The zero-order valence-electron chi connectivity index (χ0n) is 14.3. The Balaban J connectivity index is 2.06. The molecule has 3 aromatic carbocycles. The summed E-state index contributed by atoms with van der Waals surface area (Å²) in [6, 6.07) is 16.9. The van der Waals surface area contributed by atoms with Gasteiger partial charge in [-0.1, -0.05) is 48.0 Å². The van der Waals surface area contributed by atoms with E-state index in [1.54, 1.807) is 36.4 Å². The van der Waals surface area contributed by atoms with Gasteiger partial charge in [-0.3, -0.25) is 4.79 Å². The molecule has 0 unspecified atom stereocenters. The summed E-state index contributed by atoms with van der Waals surface area (Å²) in [5.74, 6) is -2.91. The molecule has 0 saturated carbocycles. The maximum atomic E-state index is 12.9. The number of carboxylic acids is 2. The number of benzene rings is 3. The number of amides is 1. The van der Waals surface area contributed by atoms with Gasteiger partial charge in [-0.15, -0.1) is 0 Å². The Morgan fingerprint density at radius 2 is 1.25 bits per heavy atom. The van der Waals surface area contributed by atoms with E-state index in [9.17, 15) is 24.6 Å². The van der Waals surface area contributed by atoms with Gasteiger partial charge in [0.05, 0.1) is 16.8 Å². The first kappa shape index (κ1) is 19.1.